The molecule has 0 saturated carbocycles. The molecule has 1 aliphatic heterocycles. The Morgan fingerprint density at radius 1 is 0.756 bits per heavy atom. The van der Waals surface area contributed by atoms with Crippen LogP contribution in [0.3, 0.4) is 0 Å². The van der Waals surface area contributed by atoms with Gasteiger partial charge >= 0.3 is 5.69 Å². The average Bonchev–Trinajstić information content (AvgIpc) is 3.07. The van der Waals surface area contributed by atoms with Gasteiger partial charge in [0.1, 0.15) is 6.54 Å². The van der Waals surface area contributed by atoms with Gasteiger partial charge in [0.15, 0.2) is 0 Å². The lowest BCUT2D eigenvalue weighted by Gasteiger charge is -2.36. The molecule has 0 radical (unpaired) electrons. The number of rotatable bonds is 7. The summed E-state index contributed by atoms with van der Waals surface area (Å²) in [5.74, 6) is -0.570. The molecular formula is C36H35N5O4. The molecule has 0 bridgehead atoms. The van der Waals surface area contributed by atoms with Crippen LogP contribution in [0.4, 0.5) is 5.69 Å². The lowest BCUT2D eigenvalue weighted by Crippen LogP contribution is -2.50. The largest absolute Gasteiger partial charge is 0.368 e. The highest BCUT2D eigenvalue weighted by molar-refractivity contribution is 5.98. The van der Waals surface area contributed by atoms with Gasteiger partial charge in [-0.1, -0.05) is 60.2 Å². The first-order chi connectivity index (χ1) is 21.8. The van der Waals surface area contributed by atoms with Gasteiger partial charge in [-0.25, -0.2) is 9.36 Å². The average molecular weight is 602 g/mol. The summed E-state index contributed by atoms with van der Waals surface area (Å²) in [5, 5.41) is 3.18. The van der Waals surface area contributed by atoms with Crippen LogP contribution in [0.1, 0.15) is 27.0 Å². The van der Waals surface area contributed by atoms with E-state index in [0.717, 1.165) is 26.9 Å². The minimum absolute atomic E-state index is 0.227. The highest BCUT2D eigenvalue weighted by Crippen LogP contribution is 2.18. The number of amides is 2. The highest BCUT2D eigenvalue weighted by atomic mass is 16.2. The fourth-order valence-corrected chi connectivity index (χ4v) is 5.76. The zero-order valence-corrected chi connectivity index (χ0v) is 25.4. The molecule has 5 aromatic rings. The van der Waals surface area contributed by atoms with Crippen molar-refractivity contribution >= 4 is 28.4 Å². The molecule has 0 aliphatic carbocycles. The maximum absolute atomic E-state index is 14.0. The van der Waals surface area contributed by atoms with Crippen molar-refractivity contribution in [3.8, 4) is 5.69 Å². The second-order valence-corrected chi connectivity index (χ2v) is 11.4. The van der Waals surface area contributed by atoms with Crippen LogP contribution in [0.25, 0.3) is 16.6 Å². The van der Waals surface area contributed by atoms with Crippen molar-refractivity contribution in [2.45, 2.75) is 26.9 Å². The molecule has 4 aromatic carbocycles. The van der Waals surface area contributed by atoms with Gasteiger partial charge in [0.2, 0.25) is 5.91 Å². The normalized spacial score (nSPS) is 13.2. The predicted molar refractivity (Wildman–Crippen MR) is 176 cm³/mol. The van der Waals surface area contributed by atoms with Gasteiger partial charge < -0.3 is 15.1 Å². The number of piperazine rings is 1. The van der Waals surface area contributed by atoms with Crippen molar-refractivity contribution in [2.75, 3.05) is 31.1 Å². The molecular weight excluding hydrogens is 566 g/mol. The minimum Gasteiger partial charge on any atom is -0.368 e. The van der Waals surface area contributed by atoms with Crippen molar-refractivity contribution < 1.29 is 9.59 Å². The van der Waals surface area contributed by atoms with Gasteiger partial charge in [-0.05, 0) is 67.4 Å². The molecule has 45 heavy (non-hydrogen) atoms. The topological polar surface area (TPSA) is 96.6 Å². The van der Waals surface area contributed by atoms with Gasteiger partial charge in [0.25, 0.3) is 11.5 Å². The number of nitrogens with zero attached hydrogens (tertiary/aromatic N) is 4. The summed E-state index contributed by atoms with van der Waals surface area (Å²) in [4.78, 5) is 58.6. The summed E-state index contributed by atoms with van der Waals surface area (Å²) in [6, 6.07) is 29.6. The number of fused-ring (bicyclic) bond motifs is 1. The van der Waals surface area contributed by atoms with Crippen LogP contribution in [-0.4, -0.2) is 52.0 Å². The first-order valence-corrected chi connectivity index (χ1v) is 15.1. The Morgan fingerprint density at radius 3 is 2.16 bits per heavy atom. The number of aromatic nitrogens is 2. The van der Waals surface area contributed by atoms with E-state index in [-0.39, 0.29) is 29.3 Å². The third kappa shape index (κ3) is 6.15. The van der Waals surface area contributed by atoms with E-state index in [1.165, 1.54) is 10.6 Å². The van der Waals surface area contributed by atoms with Crippen LogP contribution >= 0.6 is 0 Å². The van der Waals surface area contributed by atoms with Crippen LogP contribution < -0.4 is 21.5 Å². The summed E-state index contributed by atoms with van der Waals surface area (Å²) in [6.45, 7) is 6.31. The van der Waals surface area contributed by atoms with Crippen LogP contribution in [0, 0.1) is 13.8 Å². The van der Waals surface area contributed by atoms with E-state index in [9.17, 15) is 19.2 Å². The number of nitrogens with one attached hydrogen (secondary N) is 1. The molecule has 0 atom stereocenters. The Bertz CT molecular complexity index is 1990. The second kappa shape index (κ2) is 12.7. The van der Waals surface area contributed by atoms with Crippen molar-refractivity contribution in [1.29, 1.82) is 0 Å². The monoisotopic (exact) mass is 601 g/mol. The van der Waals surface area contributed by atoms with Crippen LogP contribution in [0.2, 0.25) is 0 Å². The third-order valence-corrected chi connectivity index (χ3v) is 8.45. The maximum Gasteiger partial charge on any atom is 0.336 e. The van der Waals surface area contributed by atoms with Gasteiger partial charge in [0.05, 0.1) is 16.6 Å². The van der Waals surface area contributed by atoms with E-state index in [2.05, 4.69) is 10.2 Å². The number of carbonyl (C=O) groups excluding carboxylic acids is 2. The Morgan fingerprint density at radius 2 is 1.44 bits per heavy atom. The Labute approximate surface area is 261 Å². The zero-order chi connectivity index (χ0) is 31.5. The van der Waals surface area contributed by atoms with E-state index in [1.54, 1.807) is 29.2 Å². The molecule has 6 rings (SSSR count). The highest BCUT2D eigenvalue weighted by Gasteiger charge is 2.24. The molecule has 1 aromatic heterocycles. The molecule has 9 heteroatoms. The number of para-hydroxylation sites is 1. The summed E-state index contributed by atoms with van der Waals surface area (Å²) >= 11 is 0. The quantitative estimate of drug-likeness (QED) is 0.304. The number of hydrogen-bond acceptors (Lipinski definition) is 5. The molecule has 0 unspecified atom stereocenters. The van der Waals surface area contributed by atoms with E-state index in [1.807, 2.05) is 80.6 Å². The van der Waals surface area contributed by atoms with Gasteiger partial charge in [-0.3, -0.25) is 19.0 Å². The summed E-state index contributed by atoms with van der Waals surface area (Å²) < 4.78 is 2.42. The predicted octanol–water partition coefficient (Wildman–Crippen LogP) is 4.05. The molecule has 2 amide bonds. The third-order valence-electron chi connectivity index (χ3n) is 8.45. The number of benzene rings is 4. The Kier molecular flexibility index (Phi) is 8.33. The fraction of sp³-hybridized carbons (Fsp3) is 0.222. The minimum atomic E-state index is -0.634. The molecule has 1 saturated heterocycles. The van der Waals surface area contributed by atoms with Gasteiger partial charge in [-0.2, -0.15) is 0 Å². The van der Waals surface area contributed by atoms with E-state index < -0.39 is 11.2 Å². The van der Waals surface area contributed by atoms with Crippen LogP contribution in [-0.2, 0) is 17.9 Å². The van der Waals surface area contributed by atoms with E-state index in [0.29, 0.717) is 44.0 Å². The SMILES string of the molecule is Cc1ccc(-n2c(=O)c3ccc(C(=O)NCc4ccccc4C)cc3n(CC(=O)N3CCN(c4ccccc4)CC3)c2=O)cc1. The van der Waals surface area contributed by atoms with Gasteiger partial charge in [-0.15, -0.1) is 0 Å². The first kappa shape index (κ1) is 29.6. The molecule has 228 valence electrons. The lowest BCUT2D eigenvalue weighted by molar-refractivity contribution is -0.132. The fourth-order valence-electron chi connectivity index (χ4n) is 5.76. The van der Waals surface area contributed by atoms with E-state index in [4.69, 9.17) is 0 Å². The van der Waals surface area contributed by atoms with Crippen LogP contribution in [0.15, 0.2) is 107 Å². The number of hydrogen-bond donors (Lipinski definition) is 1. The van der Waals surface area contributed by atoms with Crippen molar-refractivity contribution in [2.24, 2.45) is 0 Å². The summed E-state index contributed by atoms with van der Waals surface area (Å²) in [5.41, 5.74) is 3.94. The number of carbonyl (C=O) groups is 2. The van der Waals surface area contributed by atoms with Crippen molar-refractivity contribution in [3.05, 3.63) is 140 Å². The summed E-state index contributed by atoms with van der Waals surface area (Å²) in [6.07, 6.45) is 0. The second-order valence-electron chi connectivity index (χ2n) is 11.4. The number of anilines is 1. The smallest absolute Gasteiger partial charge is 0.336 e. The summed E-state index contributed by atoms with van der Waals surface area (Å²) in [7, 11) is 0. The van der Waals surface area contributed by atoms with Gasteiger partial charge in [0, 0.05) is 44.0 Å². The molecule has 1 aliphatic rings. The lowest BCUT2D eigenvalue weighted by atomic mass is 10.1. The maximum atomic E-state index is 14.0. The molecule has 1 N–H and O–H groups in total. The molecule has 1 fully saturated rings. The van der Waals surface area contributed by atoms with E-state index >= 15 is 0 Å². The van der Waals surface area contributed by atoms with Crippen molar-refractivity contribution in [3.63, 3.8) is 0 Å². The Hall–Kier alpha value is -5.44. The standard InChI is InChI=1S/C36H35N5O4/c1-25-12-15-30(16-13-25)41-35(44)31-17-14-27(34(43)37-23-28-9-7-6-8-26(28)2)22-32(31)40(36(41)45)24-33(42)39-20-18-38(19-21-39)29-10-4-3-5-11-29/h3-17,22H,18-21,23-24H2,1-2H3,(H,37,43). The number of aryl methyl sites for hydroxylation is 2. The molecule has 9 nitrogen and oxygen atoms in total. The van der Waals surface area contributed by atoms with Crippen LogP contribution in [0.5, 0.6) is 0 Å². The zero-order valence-electron chi connectivity index (χ0n) is 25.4. The van der Waals surface area contributed by atoms with Crippen molar-refractivity contribution in [1.82, 2.24) is 19.4 Å². The Balaban J connectivity index is 1.34. The molecule has 0 spiro atoms. The molecule has 2 heterocycles. The first-order valence-electron chi connectivity index (χ1n) is 15.1.